The molecule has 1 aliphatic carbocycles. The zero-order valence-electron chi connectivity index (χ0n) is 10.7. The number of anilines is 2. The first-order valence-electron chi connectivity index (χ1n) is 6.39. The second kappa shape index (κ2) is 5.87. The Morgan fingerprint density at radius 1 is 1.50 bits per heavy atom. The molecule has 0 saturated heterocycles. The molecule has 0 heterocycles. The van der Waals surface area contributed by atoms with Crippen molar-refractivity contribution in [1.29, 1.82) is 0 Å². The van der Waals surface area contributed by atoms with Crippen molar-refractivity contribution in [2.75, 3.05) is 24.3 Å². The van der Waals surface area contributed by atoms with E-state index in [2.05, 4.69) is 5.32 Å². The van der Waals surface area contributed by atoms with Gasteiger partial charge in [0.25, 0.3) is 0 Å². The molecule has 0 radical (unpaired) electrons. The van der Waals surface area contributed by atoms with Crippen molar-refractivity contribution in [3.8, 4) is 0 Å². The van der Waals surface area contributed by atoms with Crippen LogP contribution in [-0.2, 0) is 9.53 Å². The number of hydrogen-bond donors (Lipinski definition) is 2. The molecule has 0 bridgehead atoms. The van der Waals surface area contributed by atoms with Crippen LogP contribution in [0, 0.1) is 12.8 Å². The number of carbonyl (C=O) groups excluding carboxylic acids is 1. The summed E-state index contributed by atoms with van der Waals surface area (Å²) in [6.45, 7) is 2.67. The van der Waals surface area contributed by atoms with Gasteiger partial charge in [0.15, 0.2) is 0 Å². The van der Waals surface area contributed by atoms with Crippen molar-refractivity contribution in [1.82, 2.24) is 0 Å². The van der Waals surface area contributed by atoms with Crippen LogP contribution in [-0.4, -0.2) is 19.1 Å². The largest absolute Gasteiger partial charge is 0.398 e. The molecule has 4 nitrogen and oxygen atoms in total. The highest BCUT2D eigenvalue weighted by molar-refractivity contribution is 5.93. The quantitative estimate of drug-likeness (QED) is 0.600. The minimum absolute atomic E-state index is 0.112. The third-order valence-electron chi connectivity index (χ3n) is 3.25. The van der Waals surface area contributed by atoms with Crippen LogP contribution in [0.1, 0.15) is 24.8 Å². The van der Waals surface area contributed by atoms with Crippen molar-refractivity contribution >= 4 is 17.3 Å². The molecule has 98 valence electrons. The van der Waals surface area contributed by atoms with Gasteiger partial charge in [0.1, 0.15) is 6.61 Å². The Morgan fingerprint density at radius 3 is 3.00 bits per heavy atom. The zero-order chi connectivity index (χ0) is 13.0. The van der Waals surface area contributed by atoms with Gasteiger partial charge < -0.3 is 15.8 Å². The Bertz CT molecular complexity index is 428. The van der Waals surface area contributed by atoms with Crippen LogP contribution in [0.15, 0.2) is 18.2 Å². The Kier molecular flexibility index (Phi) is 4.20. The highest BCUT2D eigenvalue weighted by Crippen LogP contribution is 2.32. The molecule has 0 aromatic heterocycles. The molecule has 1 aromatic rings. The van der Waals surface area contributed by atoms with E-state index < -0.39 is 0 Å². The molecule has 0 unspecified atom stereocenters. The van der Waals surface area contributed by atoms with Gasteiger partial charge in [0, 0.05) is 18.0 Å². The van der Waals surface area contributed by atoms with Gasteiger partial charge in [-0.25, -0.2) is 0 Å². The molecule has 1 aromatic carbocycles. The SMILES string of the molecule is Cc1c(N)cccc1NC(=O)COCCC1CC1. The number of rotatable bonds is 6. The fourth-order valence-electron chi connectivity index (χ4n) is 1.80. The van der Waals surface area contributed by atoms with Crippen molar-refractivity contribution in [2.24, 2.45) is 5.92 Å². The van der Waals surface area contributed by atoms with E-state index in [-0.39, 0.29) is 12.5 Å². The number of nitrogen functional groups attached to an aromatic ring is 1. The maximum atomic E-state index is 11.7. The number of amides is 1. The van der Waals surface area contributed by atoms with Gasteiger partial charge in [-0.2, -0.15) is 0 Å². The lowest BCUT2D eigenvalue weighted by Gasteiger charge is -2.10. The van der Waals surface area contributed by atoms with E-state index in [1.165, 1.54) is 12.8 Å². The number of nitrogens with two attached hydrogens (primary N) is 1. The first-order chi connectivity index (χ1) is 8.66. The van der Waals surface area contributed by atoms with Gasteiger partial charge in [0.2, 0.25) is 5.91 Å². The van der Waals surface area contributed by atoms with E-state index in [1.807, 2.05) is 25.1 Å². The first kappa shape index (κ1) is 12.9. The van der Waals surface area contributed by atoms with E-state index in [9.17, 15) is 4.79 Å². The first-order valence-corrected chi connectivity index (χ1v) is 6.39. The van der Waals surface area contributed by atoms with Crippen LogP contribution in [0.25, 0.3) is 0 Å². The van der Waals surface area contributed by atoms with Crippen molar-refractivity contribution in [2.45, 2.75) is 26.2 Å². The molecule has 3 N–H and O–H groups in total. The van der Waals surface area contributed by atoms with Crippen molar-refractivity contribution in [3.63, 3.8) is 0 Å². The van der Waals surface area contributed by atoms with Gasteiger partial charge in [-0.1, -0.05) is 18.9 Å². The molecule has 4 heteroatoms. The summed E-state index contributed by atoms with van der Waals surface area (Å²) >= 11 is 0. The molecule has 18 heavy (non-hydrogen) atoms. The second-order valence-corrected chi connectivity index (χ2v) is 4.85. The van der Waals surface area contributed by atoms with Crippen LogP contribution in [0.3, 0.4) is 0 Å². The van der Waals surface area contributed by atoms with Crippen LogP contribution in [0.4, 0.5) is 11.4 Å². The molecular formula is C14H20N2O2. The number of hydrogen-bond acceptors (Lipinski definition) is 3. The smallest absolute Gasteiger partial charge is 0.250 e. The van der Waals surface area contributed by atoms with E-state index in [0.717, 1.165) is 23.6 Å². The Morgan fingerprint density at radius 2 is 2.28 bits per heavy atom. The van der Waals surface area contributed by atoms with Gasteiger partial charge in [-0.15, -0.1) is 0 Å². The summed E-state index contributed by atoms with van der Waals surface area (Å²) in [5.74, 6) is 0.712. The predicted molar refractivity (Wildman–Crippen MR) is 72.4 cm³/mol. The average molecular weight is 248 g/mol. The van der Waals surface area contributed by atoms with E-state index in [0.29, 0.717) is 12.3 Å². The Labute approximate surface area is 108 Å². The van der Waals surface area contributed by atoms with Gasteiger partial charge >= 0.3 is 0 Å². The zero-order valence-corrected chi connectivity index (χ0v) is 10.7. The van der Waals surface area contributed by atoms with Crippen LogP contribution < -0.4 is 11.1 Å². The highest BCUT2D eigenvalue weighted by atomic mass is 16.5. The number of nitrogens with one attached hydrogen (secondary N) is 1. The maximum Gasteiger partial charge on any atom is 0.250 e. The molecule has 2 rings (SSSR count). The van der Waals surface area contributed by atoms with E-state index in [1.54, 1.807) is 0 Å². The predicted octanol–water partition coefficient (Wildman–Crippen LogP) is 2.33. The molecular weight excluding hydrogens is 228 g/mol. The fraction of sp³-hybridized carbons (Fsp3) is 0.500. The second-order valence-electron chi connectivity index (χ2n) is 4.85. The molecule has 0 aliphatic heterocycles. The molecule has 0 atom stereocenters. The van der Waals surface area contributed by atoms with Crippen molar-refractivity contribution < 1.29 is 9.53 Å². The third kappa shape index (κ3) is 3.74. The summed E-state index contributed by atoms with van der Waals surface area (Å²) in [6, 6.07) is 5.48. The van der Waals surface area contributed by atoms with Gasteiger partial charge in [0.05, 0.1) is 0 Å². The molecule has 1 aliphatic rings. The van der Waals surface area contributed by atoms with Crippen molar-refractivity contribution in [3.05, 3.63) is 23.8 Å². The summed E-state index contributed by atoms with van der Waals surface area (Å²) in [7, 11) is 0. The molecule has 1 amide bonds. The summed E-state index contributed by atoms with van der Waals surface area (Å²) in [5, 5.41) is 2.81. The van der Waals surface area contributed by atoms with Crippen LogP contribution in [0.2, 0.25) is 0 Å². The molecule has 1 fully saturated rings. The lowest BCUT2D eigenvalue weighted by molar-refractivity contribution is -0.120. The van der Waals surface area contributed by atoms with Gasteiger partial charge in [-0.3, -0.25) is 4.79 Å². The lowest BCUT2D eigenvalue weighted by atomic mass is 10.1. The molecule has 1 saturated carbocycles. The lowest BCUT2D eigenvalue weighted by Crippen LogP contribution is -2.19. The standard InChI is InChI=1S/C14H20N2O2/c1-10-12(15)3-2-4-13(10)16-14(17)9-18-8-7-11-5-6-11/h2-4,11H,5-9,15H2,1H3,(H,16,17). The summed E-state index contributed by atoms with van der Waals surface area (Å²) in [6.07, 6.45) is 3.71. The van der Waals surface area contributed by atoms with E-state index in [4.69, 9.17) is 10.5 Å². The number of ether oxygens (including phenoxy) is 1. The minimum Gasteiger partial charge on any atom is -0.398 e. The summed E-state index contributed by atoms with van der Waals surface area (Å²) in [4.78, 5) is 11.7. The number of benzene rings is 1. The average Bonchev–Trinajstić information content (AvgIpc) is 3.15. The maximum absolute atomic E-state index is 11.7. The number of carbonyl (C=O) groups is 1. The fourth-order valence-corrected chi connectivity index (χ4v) is 1.80. The highest BCUT2D eigenvalue weighted by Gasteiger charge is 2.20. The monoisotopic (exact) mass is 248 g/mol. The summed E-state index contributed by atoms with van der Waals surface area (Å²) in [5.41, 5.74) is 8.11. The Balaban J connectivity index is 1.73. The minimum atomic E-state index is -0.125. The third-order valence-corrected chi connectivity index (χ3v) is 3.25. The van der Waals surface area contributed by atoms with Crippen LogP contribution in [0.5, 0.6) is 0 Å². The molecule has 0 spiro atoms. The summed E-state index contributed by atoms with van der Waals surface area (Å²) < 4.78 is 5.35. The normalized spacial score (nSPS) is 14.5. The Hall–Kier alpha value is -1.55. The van der Waals surface area contributed by atoms with E-state index >= 15 is 0 Å². The van der Waals surface area contributed by atoms with Crippen LogP contribution >= 0.6 is 0 Å². The van der Waals surface area contributed by atoms with Gasteiger partial charge in [-0.05, 0) is 37.0 Å². The topological polar surface area (TPSA) is 64.3 Å².